The highest BCUT2D eigenvalue weighted by Gasteiger charge is 2.24. The summed E-state index contributed by atoms with van der Waals surface area (Å²) in [6, 6.07) is 2.42. The highest BCUT2D eigenvalue weighted by Crippen LogP contribution is 2.27. The smallest absolute Gasteiger partial charge is 0.265 e. The van der Waals surface area contributed by atoms with Crippen molar-refractivity contribution in [1.29, 1.82) is 0 Å². The van der Waals surface area contributed by atoms with E-state index in [0.29, 0.717) is 6.04 Å². The van der Waals surface area contributed by atoms with Crippen LogP contribution in [0.5, 0.6) is 0 Å². The standard InChI is InChI=1S/C11H16N2OS2.ClH/c1-8-7-13(5-4-12-8)11(14)10-9(15-2)3-6-16-10;/h3,6,8,12H,4-5,7H2,1-2H3;1H. The van der Waals surface area contributed by atoms with Crippen molar-refractivity contribution in [2.24, 2.45) is 0 Å². The van der Waals surface area contributed by atoms with Crippen molar-refractivity contribution in [3.05, 3.63) is 16.3 Å². The fraction of sp³-hybridized carbons (Fsp3) is 0.545. The van der Waals surface area contributed by atoms with E-state index in [1.165, 1.54) is 0 Å². The molecule has 0 radical (unpaired) electrons. The zero-order valence-electron chi connectivity index (χ0n) is 9.93. The summed E-state index contributed by atoms with van der Waals surface area (Å²) in [6.07, 6.45) is 2.01. The zero-order valence-corrected chi connectivity index (χ0v) is 12.4. The molecule has 1 aliphatic heterocycles. The van der Waals surface area contributed by atoms with Crippen LogP contribution in [0.2, 0.25) is 0 Å². The van der Waals surface area contributed by atoms with Gasteiger partial charge >= 0.3 is 0 Å². The Morgan fingerprint density at radius 3 is 3.06 bits per heavy atom. The minimum absolute atomic E-state index is 0. The topological polar surface area (TPSA) is 32.3 Å². The predicted octanol–water partition coefficient (Wildman–Crippen LogP) is 2.33. The number of thioether (sulfide) groups is 1. The molecule has 0 bridgehead atoms. The van der Waals surface area contributed by atoms with E-state index in [4.69, 9.17) is 0 Å². The number of halogens is 1. The molecule has 1 N–H and O–H groups in total. The van der Waals surface area contributed by atoms with E-state index in [0.717, 1.165) is 29.4 Å². The molecular formula is C11H17ClN2OS2. The van der Waals surface area contributed by atoms with Gasteiger partial charge in [0.2, 0.25) is 0 Å². The van der Waals surface area contributed by atoms with Crippen molar-refractivity contribution in [1.82, 2.24) is 10.2 Å². The SMILES string of the molecule is CSc1ccsc1C(=O)N1CCNC(C)C1.Cl. The maximum atomic E-state index is 12.3. The van der Waals surface area contributed by atoms with Crippen molar-refractivity contribution in [2.45, 2.75) is 17.9 Å². The fourth-order valence-corrected chi connectivity index (χ4v) is 3.59. The molecule has 2 heterocycles. The van der Waals surface area contributed by atoms with Crippen LogP contribution in [-0.4, -0.2) is 42.7 Å². The Balaban J connectivity index is 0.00000144. The summed E-state index contributed by atoms with van der Waals surface area (Å²) in [4.78, 5) is 16.2. The van der Waals surface area contributed by atoms with Gasteiger partial charge in [-0.3, -0.25) is 4.79 Å². The molecule has 1 aromatic heterocycles. The van der Waals surface area contributed by atoms with E-state index in [1.54, 1.807) is 23.1 Å². The normalized spacial score (nSPS) is 19.9. The average molecular weight is 293 g/mol. The number of rotatable bonds is 2. The lowest BCUT2D eigenvalue weighted by molar-refractivity contribution is 0.0711. The van der Waals surface area contributed by atoms with E-state index in [-0.39, 0.29) is 18.3 Å². The van der Waals surface area contributed by atoms with E-state index in [1.807, 2.05) is 22.6 Å². The number of nitrogens with one attached hydrogen (secondary N) is 1. The van der Waals surface area contributed by atoms with E-state index >= 15 is 0 Å². The number of thiophene rings is 1. The summed E-state index contributed by atoms with van der Waals surface area (Å²) in [6.45, 7) is 4.63. The van der Waals surface area contributed by atoms with Crippen LogP contribution in [0.25, 0.3) is 0 Å². The van der Waals surface area contributed by atoms with Crippen molar-refractivity contribution < 1.29 is 4.79 Å². The molecule has 2 rings (SSSR count). The molecule has 17 heavy (non-hydrogen) atoms. The number of hydrogen-bond acceptors (Lipinski definition) is 4. The molecule has 1 amide bonds. The van der Waals surface area contributed by atoms with Crippen LogP contribution in [-0.2, 0) is 0 Å². The summed E-state index contributed by atoms with van der Waals surface area (Å²) >= 11 is 3.19. The van der Waals surface area contributed by atoms with Crippen LogP contribution in [0.4, 0.5) is 0 Å². The van der Waals surface area contributed by atoms with E-state index in [9.17, 15) is 4.79 Å². The third-order valence-corrected chi connectivity index (χ3v) is 4.51. The summed E-state index contributed by atoms with van der Waals surface area (Å²) in [5, 5.41) is 5.34. The molecule has 1 unspecified atom stereocenters. The van der Waals surface area contributed by atoms with Gasteiger partial charge in [-0.15, -0.1) is 35.5 Å². The Kier molecular flexibility index (Phi) is 5.79. The van der Waals surface area contributed by atoms with Gasteiger partial charge in [0.1, 0.15) is 4.88 Å². The lowest BCUT2D eigenvalue weighted by atomic mass is 10.2. The number of hydrogen-bond donors (Lipinski definition) is 1. The molecule has 1 atom stereocenters. The third-order valence-electron chi connectivity index (χ3n) is 2.70. The van der Waals surface area contributed by atoms with Gasteiger partial charge in [-0.2, -0.15) is 0 Å². The van der Waals surface area contributed by atoms with Crippen molar-refractivity contribution in [2.75, 3.05) is 25.9 Å². The minimum Gasteiger partial charge on any atom is -0.335 e. The molecule has 96 valence electrons. The maximum absolute atomic E-state index is 12.3. The number of carbonyl (C=O) groups is 1. The van der Waals surface area contributed by atoms with Gasteiger partial charge < -0.3 is 10.2 Å². The van der Waals surface area contributed by atoms with Gasteiger partial charge in [0.25, 0.3) is 5.91 Å². The molecule has 6 heteroatoms. The van der Waals surface area contributed by atoms with Crippen LogP contribution >= 0.6 is 35.5 Å². The van der Waals surface area contributed by atoms with Crippen LogP contribution in [0, 0.1) is 0 Å². The van der Waals surface area contributed by atoms with Crippen molar-refractivity contribution >= 4 is 41.4 Å². The molecule has 0 saturated carbocycles. The highest BCUT2D eigenvalue weighted by molar-refractivity contribution is 7.98. The van der Waals surface area contributed by atoms with Crippen molar-refractivity contribution in [3.63, 3.8) is 0 Å². The fourth-order valence-electron chi connectivity index (χ4n) is 1.87. The van der Waals surface area contributed by atoms with Gasteiger partial charge in [-0.25, -0.2) is 0 Å². The molecule has 0 aromatic carbocycles. The second kappa shape index (κ2) is 6.64. The van der Waals surface area contributed by atoms with Crippen molar-refractivity contribution in [3.8, 4) is 0 Å². The van der Waals surface area contributed by atoms with Gasteiger partial charge in [0.15, 0.2) is 0 Å². The van der Waals surface area contributed by atoms with Gasteiger partial charge in [-0.1, -0.05) is 0 Å². The summed E-state index contributed by atoms with van der Waals surface area (Å²) in [5.74, 6) is 0.188. The first kappa shape index (κ1) is 14.8. The lowest BCUT2D eigenvalue weighted by Gasteiger charge is -2.31. The molecule has 1 saturated heterocycles. The molecule has 1 fully saturated rings. The molecule has 1 aromatic rings. The van der Waals surface area contributed by atoms with Gasteiger partial charge in [-0.05, 0) is 24.6 Å². The monoisotopic (exact) mass is 292 g/mol. The molecule has 1 aliphatic rings. The molecule has 0 aliphatic carbocycles. The quantitative estimate of drug-likeness (QED) is 0.849. The Morgan fingerprint density at radius 1 is 1.65 bits per heavy atom. The lowest BCUT2D eigenvalue weighted by Crippen LogP contribution is -2.51. The van der Waals surface area contributed by atoms with Crippen LogP contribution < -0.4 is 5.32 Å². The van der Waals surface area contributed by atoms with E-state index < -0.39 is 0 Å². The first-order valence-electron chi connectivity index (χ1n) is 5.36. The summed E-state index contributed by atoms with van der Waals surface area (Å²) in [5.41, 5.74) is 0. The molecular weight excluding hydrogens is 276 g/mol. The first-order valence-corrected chi connectivity index (χ1v) is 7.47. The average Bonchev–Trinajstić information content (AvgIpc) is 2.76. The Bertz CT molecular complexity index is 383. The largest absolute Gasteiger partial charge is 0.335 e. The van der Waals surface area contributed by atoms with Gasteiger partial charge in [0, 0.05) is 30.6 Å². The third kappa shape index (κ3) is 3.37. The number of nitrogens with zero attached hydrogens (tertiary/aromatic N) is 1. The minimum atomic E-state index is 0. The van der Waals surface area contributed by atoms with E-state index in [2.05, 4.69) is 12.2 Å². The number of carbonyl (C=O) groups excluding carboxylic acids is 1. The highest BCUT2D eigenvalue weighted by atomic mass is 35.5. The Labute approximate surface area is 116 Å². The second-order valence-electron chi connectivity index (χ2n) is 3.92. The Hall–Kier alpha value is -0.230. The van der Waals surface area contributed by atoms with Crippen LogP contribution in [0.3, 0.4) is 0 Å². The molecule has 0 spiro atoms. The Morgan fingerprint density at radius 2 is 2.41 bits per heavy atom. The van der Waals surface area contributed by atoms with Crippen LogP contribution in [0.1, 0.15) is 16.6 Å². The zero-order chi connectivity index (χ0) is 11.5. The number of piperazine rings is 1. The summed E-state index contributed by atoms with van der Waals surface area (Å²) < 4.78 is 0. The summed E-state index contributed by atoms with van der Waals surface area (Å²) in [7, 11) is 0. The first-order chi connectivity index (χ1) is 7.72. The molecule has 3 nitrogen and oxygen atoms in total. The number of amides is 1. The maximum Gasteiger partial charge on any atom is 0.265 e. The predicted molar refractivity (Wildman–Crippen MR) is 76.7 cm³/mol. The van der Waals surface area contributed by atoms with Crippen LogP contribution in [0.15, 0.2) is 16.3 Å². The van der Waals surface area contributed by atoms with Gasteiger partial charge in [0.05, 0.1) is 0 Å². The second-order valence-corrected chi connectivity index (χ2v) is 5.69.